The van der Waals surface area contributed by atoms with Crippen molar-refractivity contribution < 1.29 is 18.8 Å². The van der Waals surface area contributed by atoms with Crippen LogP contribution in [0.5, 0.6) is 0 Å². The monoisotopic (exact) mass is 657 g/mol. The number of halogens is 3. The number of anilines is 2. The Hall–Kier alpha value is -3.25. The molecule has 3 aromatic carbocycles. The standard InChI is InChI=1S/C28H18BrClFN3O4S2/c29-15-3-1-2-14(12-15)21-22-23(26(37)34(25(22)36)19-10-4-16(30)5-11-19)39-27-24(21)40-28(38)33(27)13-20(35)32-18-8-6-17(31)7-9-18/h1-12,21-23H,13H2,(H,32,35)/t21-,22-,23+/m0/s1. The van der Waals surface area contributed by atoms with Gasteiger partial charge >= 0.3 is 4.87 Å². The van der Waals surface area contributed by atoms with Crippen LogP contribution in [0, 0.1) is 11.7 Å². The van der Waals surface area contributed by atoms with Crippen molar-refractivity contribution in [2.75, 3.05) is 10.2 Å². The molecular formula is C28H18BrClFN3O4S2. The molecule has 7 nitrogen and oxygen atoms in total. The van der Waals surface area contributed by atoms with E-state index in [1.54, 1.807) is 24.3 Å². The average molecular weight is 659 g/mol. The maximum atomic E-state index is 13.9. The lowest BCUT2D eigenvalue weighted by Gasteiger charge is -2.30. The Labute approximate surface area is 249 Å². The fraction of sp³-hybridized carbons (Fsp3) is 0.143. The van der Waals surface area contributed by atoms with Gasteiger partial charge in [0.15, 0.2) is 0 Å². The summed E-state index contributed by atoms with van der Waals surface area (Å²) in [5.41, 5.74) is 1.58. The third-order valence-corrected chi connectivity index (χ3v) is 10.1. The fourth-order valence-electron chi connectivity index (χ4n) is 5.04. The Morgan fingerprint density at radius 2 is 1.73 bits per heavy atom. The predicted molar refractivity (Wildman–Crippen MR) is 157 cm³/mol. The van der Waals surface area contributed by atoms with Crippen LogP contribution in [0.15, 0.2) is 87.1 Å². The van der Waals surface area contributed by atoms with Crippen molar-refractivity contribution in [3.8, 4) is 0 Å². The molecule has 3 amide bonds. The van der Waals surface area contributed by atoms with Gasteiger partial charge in [-0.1, -0.05) is 62.8 Å². The van der Waals surface area contributed by atoms with Crippen molar-refractivity contribution in [1.82, 2.24) is 4.57 Å². The largest absolute Gasteiger partial charge is 0.325 e. The van der Waals surface area contributed by atoms with Crippen molar-refractivity contribution in [3.05, 3.63) is 108 Å². The van der Waals surface area contributed by atoms with Crippen molar-refractivity contribution in [3.63, 3.8) is 0 Å². The Kier molecular flexibility index (Phi) is 7.16. The summed E-state index contributed by atoms with van der Waals surface area (Å²) >= 11 is 11.6. The number of nitrogens with zero attached hydrogens (tertiary/aromatic N) is 2. The van der Waals surface area contributed by atoms with Crippen molar-refractivity contribution in [2.45, 2.75) is 22.7 Å². The molecule has 0 unspecified atom stereocenters. The number of hydrogen-bond donors (Lipinski definition) is 1. The predicted octanol–water partition coefficient (Wildman–Crippen LogP) is 5.90. The maximum Gasteiger partial charge on any atom is 0.308 e. The lowest BCUT2D eigenvalue weighted by atomic mass is 9.83. The SMILES string of the molecule is O=C(Cn1c2c(sc1=O)[C@@H](c1cccc(Br)c1)[C@@H]1C(=O)N(c3ccc(Cl)cc3)C(=O)[C@@H]1S2)Nc1ccc(F)cc1. The summed E-state index contributed by atoms with van der Waals surface area (Å²) in [7, 11) is 0. The molecule has 1 saturated heterocycles. The summed E-state index contributed by atoms with van der Waals surface area (Å²) in [5, 5.41) is 2.82. The fourth-order valence-corrected chi connectivity index (χ4v) is 8.35. The van der Waals surface area contributed by atoms with E-state index in [4.69, 9.17) is 11.6 Å². The number of amides is 3. The summed E-state index contributed by atoms with van der Waals surface area (Å²) in [6.07, 6.45) is 0. The highest BCUT2D eigenvalue weighted by molar-refractivity contribution is 9.10. The Bertz CT molecular complexity index is 1720. The van der Waals surface area contributed by atoms with Crippen LogP contribution in [-0.4, -0.2) is 27.5 Å². The molecule has 3 atom stereocenters. The molecule has 0 saturated carbocycles. The number of nitrogens with one attached hydrogen (secondary N) is 1. The van der Waals surface area contributed by atoms with Crippen molar-refractivity contribution >= 4 is 79.7 Å². The minimum Gasteiger partial charge on any atom is -0.325 e. The van der Waals surface area contributed by atoms with Gasteiger partial charge in [0, 0.05) is 26.0 Å². The van der Waals surface area contributed by atoms with Gasteiger partial charge in [0.2, 0.25) is 17.7 Å². The molecule has 12 heteroatoms. The highest BCUT2D eigenvalue weighted by Crippen LogP contribution is 2.54. The van der Waals surface area contributed by atoms with Crippen LogP contribution < -0.4 is 15.1 Å². The zero-order valence-corrected chi connectivity index (χ0v) is 24.3. The molecule has 40 heavy (non-hydrogen) atoms. The number of thioether (sulfide) groups is 1. The molecule has 2 aliphatic rings. The second-order valence-electron chi connectivity index (χ2n) is 9.26. The van der Waals surface area contributed by atoms with E-state index in [0.717, 1.165) is 33.1 Å². The molecule has 1 N–H and O–H groups in total. The van der Waals surface area contributed by atoms with Crippen LogP contribution in [0.25, 0.3) is 0 Å². The topological polar surface area (TPSA) is 88.5 Å². The van der Waals surface area contributed by atoms with Gasteiger partial charge in [0.05, 0.1) is 16.6 Å². The zero-order valence-electron chi connectivity index (χ0n) is 20.3. The number of thiazole rings is 1. The van der Waals surface area contributed by atoms with Crippen LogP contribution in [-0.2, 0) is 20.9 Å². The number of carbonyl (C=O) groups is 3. The molecule has 0 spiro atoms. The molecule has 0 bridgehead atoms. The molecule has 3 heterocycles. The Morgan fingerprint density at radius 1 is 1.00 bits per heavy atom. The van der Waals surface area contributed by atoms with Gasteiger partial charge < -0.3 is 5.32 Å². The normalized spacial score (nSPS) is 19.9. The van der Waals surface area contributed by atoms with Gasteiger partial charge in [-0.2, -0.15) is 0 Å². The van der Waals surface area contributed by atoms with E-state index >= 15 is 0 Å². The van der Waals surface area contributed by atoms with Gasteiger partial charge in [-0.25, -0.2) is 9.29 Å². The van der Waals surface area contributed by atoms with Gasteiger partial charge in [-0.3, -0.25) is 23.7 Å². The molecule has 0 aliphatic carbocycles. The van der Waals surface area contributed by atoms with Gasteiger partial charge in [-0.15, -0.1) is 0 Å². The molecule has 1 aromatic heterocycles. The van der Waals surface area contributed by atoms with Crippen LogP contribution in [0.2, 0.25) is 5.02 Å². The minimum atomic E-state index is -0.805. The number of hydrogen-bond acceptors (Lipinski definition) is 6. The summed E-state index contributed by atoms with van der Waals surface area (Å²) in [6, 6.07) is 19.2. The lowest BCUT2D eigenvalue weighted by molar-refractivity contribution is -0.122. The molecular weight excluding hydrogens is 641 g/mol. The molecule has 4 aromatic rings. The van der Waals surface area contributed by atoms with Crippen LogP contribution >= 0.6 is 50.6 Å². The van der Waals surface area contributed by atoms with Gasteiger partial charge in [0.25, 0.3) is 0 Å². The molecule has 2 aliphatic heterocycles. The maximum absolute atomic E-state index is 13.9. The molecule has 202 valence electrons. The first kappa shape index (κ1) is 26.9. The van der Waals surface area contributed by atoms with Crippen molar-refractivity contribution in [2.24, 2.45) is 5.92 Å². The number of rotatable bonds is 5. The van der Waals surface area contributed by atoms with Crippen molar-refractivity contribution in [1.29, 1.82) is 0 Å². The lowest BCUT2D eigenvalue weighted by Crippen LogP contribution is -2.33. The third-order valence-electron chi connectivity index (χ3n) is 6.77. The van der Waals surface area contributed by atoms with Crippen LogP contribution in [0.1, 0.15) is 16.4 Å². The van der Waals surface area contributed by atoms with E-state index in [-0.39, 0.29) is 17.3 Å². The number of carbonyl (C=O) groups excluding carboxylic acids is 3. The number of aromatic nitrogens is 1. The minimum absolute atomic E-state index is 0.305. The first-order valence-corrected chi connectivity index (χ1v) is 14.9. The number of fused-ring (bicyclic) bond motifs is 2. The van der Waals surface area contributed by atoms with E-state index in [0.29, 0.717) is 26.3 Å². The quantitative estimate of drug-likeness (QED) is 0.270. The van der Waals surface area contributed by atoms with E-state index < -0.39 is 34.7 Å². The number of benzene rings is 3. The second kappa shape index (κ2) is 10.6. The molecule has 1 fully saturated rings. The molecule has 0 radical (unpaired) electrons. The smallest absolute Gasteiger partial charge is 0.308 e. The van der Waals surface area contributed by atoms with Crippen LogP contribution in [0.4, 0.5) is 15.8 Å². The summed E-state index contributed by atoms with van der Waals surface area (Å²) in [6.45, 7) is -0.305. The summed E-state index contributed by atoms with van der Waals surface area (Å²) in [4.78, 5) is 55.2. The number of imide groups is 1. The Balaban J connectivity index is 1.41. The summed E-state index contributed by atoms with van der Waals surface area (Å²) < 4.78 is 15.4. The zero-order chi connectivity index (χ0) is 28.1. The van der Waals surface area contributed by atoms with Gasteiger partial charge in [0.1, 0.15) is 17.6 Å². The summed E-state index contributed by atoms with van der Waals surface area (Å²) in [5.74, 6) is -3.00. The second-order valence-corrected chi connectivity index (χ2v) is 12.7. The highest BCUT2D eigenvalue weighted by Gasteiger charge is 2.56. The van der Waals surface area contributed by atoms with E-state index in [1.165, 1.54) is 33.7 Å². The van der Waals surface area contributed by atoms with Gasteiger partial charge in [-0.05, 0) is 66.2 Å². The van der Waals surface area contributed by atoms with E-state index in [2.05, 4.69) is 21.2 Å². The first-order valence-electron chi connectivity index (χ1n) is 12.1. The van der Waals surface area contributed by atoms with E-state index in [9.17, 15) is 23.6 Å². The highest BCUT2D eigenvalue weighted by atomic mass is 79.9. The third kappa shape index (κ3) is 4.81. The van der Waals surface area contributed by atoms with E-state index in [1.807, 2.05) is 24.3 Å². The Morgan fingerprint density at radius 3 is 2.42 bits per heavy atom. The van der Waals surface area contributed by atoms with Crippen LogP contribution in [0.3, 0.4) is 0 Å². The molecule has 6 rings (SSSR count). The average Bonchev–Trinajstić information content (AvgIpc) is 3.36. The first-order chi connectivity index (χ1) is 19.2.